The topological polar surface area (TPSA) is 104 Å². The van der Waals surface area contributed by atoms with Gasteiger partial charge in [-0.05, 0) is 12.8 Å². The van der Waals surface area contributed by atoms with Gasteiger partial charge in [0, 0.05) is 20.2 Å². The molecule has 2 rings (SSSR count). The van der Waals surface area contributed by atoms with Crippen LogP contribution in [0.5, 0.6) is 0 Å². The summed E-state index contributed by atoms with van der Waals surface area (Å²) in [5.74, 6) is 0.699. The number of nitrogens with one attached hydrogen (secondary N) is 1. The van der Waals surface area contributed by atoms with E-state index in [9.17, 15) is 4.79 Å². The molecule has 1 fully saturated rings. The summed E-state index contributed by atoms with van der Waals surface area (Å²) in [5.41, 5.74) is 0. The Morgan fingerprint density at radius 1 is 1.70 bits per heavy atom. The summed E-state index contributed by atoms with van der Waals surface area (Å²) in [4.78, 5) is 17.7. The number of ether oxygens (including phenoxy) is 1. The van der Waals surface area contributed by atoms with E-state index in [1.165, 1.54) is 0 Å². The summed E-state index contributed by atoms with van der Waals surface area (Å²) >= 11 is 0. The lowest BCUT2D eigenvalue weighted by Gasteiger charge is -2.29. The number of likely N-dealkylation sites (tertiary alicyclic amines) is 1. The third-order valence-electron chi connectivity index (χ3n) is 3.07. The van der Waals surface area contributed by atoms with Crippen molar-refractivity contribution in [3.05, 3.63) is 11.7 Å². The quantitative estimate of drug-likeness (QED) is 0.868. The van der Waals surface area contributed by atoms with Crippen molar-refractivity contribution in [3.8, 4) is 6.07 Å². The molecular weight excluding hydrogens is 262 g/mol. The molecule has 2 heterocycles. The number of aromatic nitrogens is 2. The van der Waals surface area contributed by atoms with Gasteiger partial charge in [-0.1, -0.05) is 5.16 Å². The summed E-state index contributed by atoms with van der Waals surface area (Å²) in [5, 5.41) is 15.3. The third-order valence-corrected chi connectivity index (χ3v) is 3.07. The van der Waals surface area contributed by atoms with Gasteiger partial charge in [0.2, 0.25) is 5.89 Å². The molecule has 0 aromatic carbocycles. The zero-order chi connectivity index (χ0) is 14.4. The first-order valence-electron chi connectivity index (χ1n) is 6.45. The van der Waals surface area contributed by atoms with Crippen LogP contribution in [0.3, 0.4) is 0 Å². The van der Waals surface area contributed by atoms with Crippen LogP contribution in [0.1, 0.15) is 24.6 Å². The Morgan fingerprint density at radius 2 is 2.55 bits per heavy atom. The highest BCUT2D eigenvalue weighted by molar-refractivity contribution is 5.74. The number of rotatable bonds is 4. The standard InChI is InChI=1S/C12H17N5O3/c1-19-8-10-15-11(20-16-10)6-14-12(18)17-4-2-3-9(5-13)7-17/h9H,2-4,6-8H2,1H3,(H,14,18)/t9-/m1/s1. The molecule has 0 saturated carbocycles. The molecule has 0 radical (unpaired) electrons. The molecule has 8 nitrogen and oxygen atoms in total. The Balaban J connectivity index is 1.80. The van der Waals surface area contributed by atoms with E-state index in [-0.39, 0.29) is 25.1 Å². The van der Waals surface area contributed by atoms with Gasteiger partial charge in [-0.2, -0.15) is 10.2 Å². The van der Waals surface area contributed by atoms with Crippen LogP contribution in [0.25, 0.3) is 0 Å². The van der Waals surface area contributed by atoms with Crippen molar-refractivity contribution in [2.24, 2.45) is 5.92 Å². The maximum absolute atomic E-state index is 12.0. The highest BCUT2D eigenvalue weighted by Crippen LogP contribution is 2.15. The average Bonchev–Trinajstić information content (AvgIpc) is 2.93. The van der Waals surface area contributed by atoms with Crippen molar-refractivity contribution < 1.29 is 14.1 Å². The van der Waals surface area contributed by atoms with Gasteiger partial charge < -0.3 is 19.5 Å². The molecular formula is C12H17N5O3. The van der Waals surface area contributed by atoms with E-state index in [1.807, 2.05) is 0 Å². The van der Waals surface area contributed by atoms with Crippen LogP contribution in [0.15, 0.2) is 4.52 Å². The number of urea groups is 1. The Labute approximate surface area is 116 Å². The molecule has 1 atom stereocenters. The fraction of sp³-hybridized carbons (Fsp3) is 0.667. The number of methoxy groups -OCH3 is 1. The minimum atomic E-state index is -0.212. The summed E-state index contributed by atoms with van der Waals surface area (Å²) in [7, 11) is 1.54. The number of carbonyl (C=O) groups excluding carboxylic acids is 1. The average molecular weight is 279 g/mol. The molecule has 1 aromatic rings. The van der Waals surface area contributed by atoms with Gasteiger partial charge in [0.15, 0.2) is 5.82 Å². The van der Waals surface area contributed by atoms with Gasteiger partial charge in [-0.3, -0.25) is 0 Å². The fourth-order valence-electron chi connectivity index (χ4n) is 2.08. The van der Waals surface area contributed by atoms with E-state index in [1.54, 1.807) is 12.0 Å². The smallest absolute Gasteiger partial charge is 0.317 e. The summed E-state index contributed by atoms with van der Waals surface area (Å²) in [6, 6.07) is 1.99. The molecule has 0 spiro atoms. The summed E-state index contributed by atoms with van der Waals surface area (Å²) in [6.45, 7) is 1.58. The maximum Gasteiger partial charge on any atom is 0.317 e. The maximum atomic E-state index is 12.0. The lowest BCUT2D eigenvalue weighted by Crippen LogP contribution is -2.45. The molecule has 108 valence electrons. The number of hydrogen-bond acceptors (Lipinski definition) is 6. The molecule has 20 heavy (non-hydrogen) atoms. The van der Waals surface area contributed by atoms with Gasteiger partial charge in [-0.15, -0.1) is 0 Å². The van der Waals surface area contributed by atoms with Crippen LogP contribution < -0.4 is 5.32 Å². The molecule has 1 saturated heterocycles. The summed E-state index contributed by atoms with van der Waals surface area (Å²) < 4.78 is 9.85. The van der Waals surface area contributed by atoms with E-state index in [0.29, 0.717) is 24.8 Å². The number of nitrogens with zero attached hydrogens (tertiary/aromatic N) is 4. The molecule has 8 heteroatoms. The van der Waals surface area contributed by atoms with Crippen LogP contribution >= 0.6 is 0 Å². The van der Waals surface area contributed by atoms with Gasteiger partial charge in [0.1, 0.15) is 6.61 Å². The number of carbonyl (C=O) groups is 1. The number of hydrogen-bond donors (Lipinski definition) is 1. The third kappa shape index (κ3) is 3.68. The minimum absolute atomic E-state index is 0.0776. The largest absolute Gasteiger partial charge is 0.377 e. The molecule has 1 aliphatic rings. The van der Waals surface area contributed by atoms with E-state index in [4.69, 9.17) is 14.5 Å². The lowest BCUT2D eigenvalue weighted by molar-refractivity contribution is 0.173. The zero-order valence-electron chi connectivity index (χ0n) is 11.3. The second-order valence-corrected chi connectivity index (χ2v) is 4.61. The van der Waals surface area contributed by atoms with Crippen LogP contribution in [-0.4, -0.2) is 41.3 Å². The fourth-order valence-corrected chi connectivity index (χ4v) is 2.08. The van der Waals surface area contributed by atoms with Crippen molar-refractivity contribution in [2.75, 3.05) is 20.2 Å². The van der Waals surface area contributed by atoms with Gasteiger partial charge in [0.25, 0.3) is 0 Å². The van der Waals surface area contributed by atoms with Crippen LogP contribution in [-0.2, 0) is 17.9 Å². The number of piperidine rings is 1. The molecule has 1 aliphatic heterocycles. The van der Waals surface area contributed by atoms with E-state index in [0.717, 1.165) is 12.8 Å². The second kappa shape index (κ2) is 6.86. The number of amides is 2. The zero-order valence-corrected chi connectivity index (χ0v) is 11.3. The monoisotopic (exact) mass is 279 g/mol. The van der Waals surface area contributed by atoms with Crippen LogP contribution in [0, 0.1) is 17.2 Å². The Kier molecular flexibility index (Phi) is 4.90. The predicted octanol–water partition coefficient (Wildman–Crippen LogP) is 0.661. The van der Waals surface area contributed by atoms with Crippen molar-refractivity contribution in [1.29, 1.82) is 5.26 Å². The minimum Gasteiger partial charge on any atom is -0.377 e. The first-order chi connectivity index (χ1) is 9.72. The summed E-state index contributed by atoms with van der Waals surface area (Å²) in [6.07, 6.45) is 1.70. The molecule has 1 N–H and O–H groups in total. The van der Waals surface area contributed by atoms with Crippen LogP contribution in [0.4, 0.5) is 4.79 Å². The van der Waals surface area contributed by atoms with Gasteiger partial charge in [-0.25, -0.2) is 4.79 Å². The SMILES string of the molecule is COCc1noc(CNC(=O)N2CCC[C@H](C#N)C2)n1. The molecule has 1 aromatic heterocycles. The number of nitriles is 1. The molecule has 0 aliphatic carbocycles. The lowest BCUT2D eigenvalue weighted by atomic mass is 10.0. The first-order valence-corrected chi connectivity index (χ1v) is 6.45. The molecule has 2 amide bonds. The highest BCUT2D eigenvalue weighted by Gasteiger charge is 2.23. The molecule has 0 bridgehead atoms. The van der Waals surface area contributed by atoms with Crippen molar-refractivity contribution in [2.45, 2.75) is 26.0 Å². The van der Waals surface area contributed by atoms with E-state index < -0.39 is 0 Å². The first kappa shape index (κ1) is 14.3. The van der Waals surface area contributed by atoms with Gasteiger partial charge >= 0.3 is 6.03 Å². The predicted molar refractivity (Wildman–Crippen MR) is 67.2 cm³/mol. The second-order valence-electron chi connectivity index (χ2n) is 4.61. The Hall–Kier alpha value is -2.14. The Morgan fingerprint density at radius 3 is 3.30 bits per heavy atom. The normalized spacial score (nSPS) is 18.6. The van der Waals surface area contributed by atoms with Crippen molar-refractivity contribution in [1.82, 2.24) is 20.4 Å². The molecule has 0 unspecified atom stereocenters. The van der Waals surface area contributed by atoms with Gasteiger partial charge in [0.05, 0.1) is 18.5 Å². The van der Waals surface area contributed by atoms with E-state index >= 15 is 0 Å². The van der Waals surface area contributed by atoms with Crippen molar-refractivity contribution >= 4 is 6.03 Å². The van der Waals surface area contributed by atoms with Crippen molar-refractivity contribution in [3.63, 3.8) is 0 Å². The van der Waals surface area contributed by atoms with Crippen LogP contribution in [0.2, 0.25) is 0 Å². The van der Waals surface area contributed by atoms with E-state index in [2.05, 4.69) is 21.5 Å². The Bertz CT molecular complexity index is 496. The highest BCUT2D eigenvalue weighted by atomic mass is 16.5.